The molecule has 5 heteroatoms. The van der Waals surface area contributed by atoms with Gasteiger partial charge in [-0.05, 0) is 19.8 Å². The second kappa shape index (κ2) is 6.14. The lowest BCUT2D eigenvalue weighted by Gasteiger charge is -2.30. The van der Waals surface area contributed by atoms with Gasteiger partial charge in [0, 0.05) is 11.1 Å². The fourth-order valence-corrected chi connectivity index (χ4v) is 1.45. The van der Waals surface area contributed by atoms with Crippen molar-refractivity contribution in [2.75, 3.05) is 0 Å². The molecule has 0 bridgehead atoms. The molecule has 1 N–H and O–H groups in total. The molecule has 0 heterocycles. The van der Waals surface area contributed by atoms with Gasteiger partial charge in [0.1, 0.15) is 6.04 Å². The predicted octanol–water partition coefficient (Wildman–Crippen LogP) is 1.60. The largest absolute Gasteiger partial charge is 0.480 e. The highest BCUT2D eigenvalue weighted by atomic mass is 16.4. The van der Waals surface area contributed by atoms with Crippen molar-refractivity contribution in [3.63, 3.8) is 0 Å². The number of carbonyl (C=O) groups excluding carboxylic acids is 2. The molecule has 0 aromatic carbocycles. The van der Waals surface area contributed by atoms with Crippen LogP contribution in [0, 0.1) is 5.92 Å². The summed E-state index contributed by atoms with van der Waals surface area (Å²) in [5.74, 6) is -3.02. The van der Waals surface area contributed by atoms with E-state index in [9.17, 15) is 14.4 Å². The van der Waals surface area contributed by atoms with Crippen molar-refractivity contribution in [1.82, 2.24) is 4.90 Å². The fourth-order valence-electron chi connectivity index (χ4n) is 1.45. The van der Waals surface area contributed by atoms with E-state index in [1.807, 2.05) is 0 Å². The van der Waals surface area contributed by atoms with Gasteiger partial charge >= 0.3 is 5.97 Å². The van der Waals surface area contributed by atoms with Crippen LogP contribution in [0.25, 0.3) is 0 Å². The Bertz CT molecular complexity index is 383. The topological polar surface area (TPSA) is 74.7 Å². The van der Waals surface area contributed by atoms with Crippen LogP contribution in [0.4, 0.5) is 0 Å². The molecule has 100 valence electrons. The first-order valence-electron chi connectivity index (χ1n) is 5.53. The monoisotopic (exact) mass is 253 g/mol. The third-order valence-electron chi connectivity index (χ3n) is 2.33. The maximum Gasteiger partial charge on any atom is 0.327 e. The molecule has 0 radical (unpaired) electrons. The Hall–Kier alpha value is -1.91. The molecule has 0 aromatic heterocycles. The van der Waals surface area contributed by atoms with Crippen LogP contribution >= 0.6 is 0 Å². The highest BCUT2D eigenvalue weighted by molar-refractivity contribution is 6.11. The zero-order valence-corrected chi connectivity index (χ0v) is 11.2. The Balaban J connectivity index is 5.65. The molecule has 18 heavy (non-hydrogen) atoms. The van der Waals surface area contributed by atoms with Crippen LogP contribution in [0.5, 0.6) is 0 Å². The highest BCUT2D eigenvalue weighted by Gasteiger charge is 2.37. The van der Waals surface area contributed by atoms with Crippen molar-refractivity contribution in [2.45, 2.75) is 33.7 Å². The van der Waals surface area contributed by atoms with Gasteiger partial charge in [0.05, 0.1) is 0 Å². The summed E-state index contributed by atoms with van der Waals surface area (Å²) in [7, 11) is 0. The first kappa shape index (κ1) is 16.1. The van der Waals surface area contributed by atoms with Gasteiger partial charge in [0.25, 0.3) is 11.8 Å². The van der Waals surface area contributed by atoms with Gasteiger partial charge in [-0.1, -0.05) is 27.0 Å². The lowest BCUT2D eigenvalue weighted by Crippen LogP contribution is -2.51. The number of carboxylic acid groups (broad SMARTS) is 1. The van der Waals surface area contributed by atoms with E-state index >= 15 is 0 Å². The van der Waals surface area contributed by atoms with E-state index < -0.39 is 29.7 Å². The number of aliphatic carboxylic acids is 1. The van der Waals surface area contributed by atoms with Crippen LogP contribution in [0.2, 0.25) is 0 Å². The summed E-state index contributed by atoms with van der Waals surface area (Å²) in [6.45, 7) is 13.0. The molecule has 0 aromatic rings. The second-order valence-corrected chi connectivity index (χ2v) is 4.57. The number of hydrogen-bond acceptors (Lipinski definition) is 3. The minimum absolute atomic E-state index is 0.108. The molecule has 0 aliphatic heterocycles. The molecular formula is C13H19NO4. The van der Waals surface area contributed by atoms with Gasteiger partial charge in [0.15, 0.2) is 0 Å². The van der Waals surface area contributed by atoms with Gasteiger partial charge in [-0.3, -0.25) is 14.5 Å². The molecule has 0 spiro atoms. The molecule has 2 amide bonds. The van der Waals surface area contributed by atoms with Crippen LogP contribution < -0.4 is 0 Å². The molecule has 0 fully saturated rings. The number of carbonyl (C=O) groups is 3. The number of carboxylic acids is 1. The minimum Gasteiger partial charge on any atom is -0.480 e. The summed E-state index contributed by atoms with van der Waals surface area (Å²) < 4.78 is 0. The Labute approximate surface area is 107 Å². The third kappa shape index (κ3) is 3.55. The van der Waals surface area contributed by atoms with Crippen LogP contribution in [-0.4, -0.2) is 33.8 Å². The van der Waals surface area contributed by atoms with E-state index in [0.717, 1.165) is 4.90 Å². The van der Waals surface area contributed by atoms with Crippen LogP contribution in [-0.2, 0) is 14.4 Å². The molecule has 0 saturated heterocycles. The van der Waals surface area contributed by atoms with Gasteiger partial charge in [0.2, 0.25) is 0 Å². The highest BCUT2D eigenvalue weighted by Crippen LogP contribution is 2.16. The van der Waals surface area contributed by atoms with Crippen molar-refractivity contribution in [1.29, 1.82) is 0 Å². The van der Waals surface area contributed by atoms with Crippen molar-refractivity contribution < 1.29 is 19.5 Å². The van der Waals surface area contributed by atoms with Crippen molar-refractivity contribution >= 4 is 17.8 Å². The Morgan fingerprint density at radius 3 is 1.50 bits per heavy atom. The van der Waals surface area contributed by atoms with E-state index in [0.29, 0.717) is 0 Å². The van der Waals surface area contributed by atoms with Gasteiger partial charge in [-0.25, -0.2) is 4.79 Å². The first-order chi connectivity index (χ1) is 8.11. The maximum atomic E-state index is 11.9. The Morgan fingerprint density at radius 1 is 1.00 bits per heavy atom. The van der Waals surface area contributed by atoms with Crippen LogP contribution in [0.1, 0.15) is 27.7 Å². The molecule has 5 nitrogen and oxygen atoms in total. The van der Waals surface area contributed by atoms with Gasteiger partial charge < -0.3 is 5.11 Å². The molecule has 1 atom stereocenters. The van der Waals surface area contributed by atoms with Gasteiger partial charge in [-0.2, -0.15) is 0 Å². The third-order valence-corrected chi connectivity index (χ3v) is 2.33. The molecule has 0 saturated carbocycles. The van der Waals surface area contributed by atoms with Crippen molar-refractivity contribution in [3.05, 3.63) is 24.3 Å². The summed E-state index contributed by atoms with van der Waals surface area (Å²) in [6, 6.07) is -1.22. The number of nitrogens with zero attached hydrogens (tertiary/aromatic N) is 1. The fraction of sp³-hybridized carbons (Fsp3) is 0.462. The van der Waals surface area contributed by atoms with E-state index in [-0.39, 0.29) is 11.1 Å². The van der Waals surface area contributed by atoms with E-state index in [2.05, 4.69) is 13.2 Å². The number of hydrogen-bond donors (Lipinski definition) is 1. The molecular weight excluding hydrogens is 234 g/mol. The molecule has 0 aliphatic rings. The Kier molecular flexibility index (Phi) is 5.49. The summed E-state index contributed by atoms with van der Waals surface area (Å²) >= 11 is 0. The number of rotatable bonds is 5. The first-order valence-corrected chi connectivity index (χ1v) is 5.53. The van der Waals surface area contributed by atoms with Crippen LogP contribution in [0.3, 0.4) is 0 Å². The van der Waals surface area contributed by atoms with E-state index in [1.165, 1.54) is 13.8 Å². The van der Waals surface area contributed by atoms with Crippen molar-refractivity contribution in [3.8, 4) is 0 Å². The SMILES string of the molecule is C=C(C)C(=O)N(C(=O)C(=C)C)[C@H](C(=O)O)C(C)C. The summed E-state index contributed by atoms with van der Waals surface area (Å²) in [6.07, 6.45) is 0. The minimum atomic E-state index is -1.23. The number of imide groups is 1. The van der Waals surface area contributed by atoms with E-state index in [1.54, 1.807) is 13.8 Å². The Morgan fingerprint density at radius 2 is 1.33 bits per heavy atom. The van der Waals surface area contributed by atoms with Crippen molar-refractivity contribution in [2.24, 2.45) is 5.92 Å². The average molecular weight is 253 g/mol. The molecule has 0 aliphatic carbocycles. The van der Waals surface area contributed by atoms with E-state index in [4.69, 9.17) is 5.11 Å². The van der Waals surface area contributed by atoms with Gasteiger partial charge in [-0.15, -0.1) is 0 Å². The smallest absolute Gasteiger partial charge is 0.327 e. The molecule has 0 rings (SSSR count). The maximum absolute atomic E-state index is 11.9. The number of amides is 2. The summed E-state index contributed by atoms with van der Waals surface area (Å²) in [5.41, 5.74) is 0.216. The predicted molar refractivity (Wildman–Crippen MR) is 67.7 cm³/mol. The lowest BCUT2D eigenvalue weighted by atomic mass is 10.0. The molecule has 0 unspecified atom stereocenters. The normalized spacial score (nSPS) is 11.8. The summed E-state index contributed by atoms with van der Waals surface area (Å²) in [5, 5.41) is 9.17. The van der Waals surface area contributed by atoms with Crippen LogP contribution in [0.15, 0.2) is 24.3 Å². The standard InChI is InChI=1S/C13H19NO4/c1-7(2)10(13(17)18)14(11(15)8(3)4)12(16)9(5)6/h7,10H,3,5H2,1-2,4,6H3,(H,17,18)/t10-/m0/s1. The lowest BCUT2D eigenvalue weighted by molar-refractivity contribution is -0.157. The second-order valence-electron chi connectivity index (χ2n) is 4.57. The zero-order chi connectivity index (χ0) is 14.6. The average Bonchev–Trinajstić information content (AvgIpc) is 2.22. The summed E-state index contributed by atoms with van der Waals surface area (Å²) in [4.78, 5) is 35.8. The zero-order valence-electron chi connectivity index (χ0n) is 11.2. The quantitative estimate of drug-likeness (QED) is 0.755.